The van der Waals surface area contributed by atoms with Gasteiger partial charge in [0.2, 0.25) is 0 Å². The van der Waals surface area contributed by atoms with Gasteiger partial charge in [0.05, 0.1) is 30.1 Å². The zero-order valence-corrected chi connectivity index (χ0v) is 17.2. The average molecular weight is 426 g/mol. The molecule has 0 radical (unpaired) electrons. The van der Waals surface area contributed by atoms with E-state index in [0.717, 1.165) is 22.5 Å². The number of aromatic nitrogens is 4. The molecule has 3 heterocycles. The summed E-state index contributed by atoms with van der Waals surface area (Å²) >= 11 is 0. The molecule has 0 amide bonds. The summed E-state index contributed by atoms with van der Waals surface area (Å²) in [6.45, 7) is 0.644. The van der Waals surface area contributed by atoms with E-state index in [-0.39, 0.29) is 18.1 Å². The van der Waals surface area contributed by atoms with E-state index in [1.54, 1.807) is 12.7 Å². The number of oxime groups is 1. The van der Waals surface area contributed by atoms with Crippen molar-refractivity contribution in [2.24, 2.45) is 11.1 Å². The van der Waals surface area contributed by atoms with Gasteiger partial charge in [-0.2, -0.15) is 0 Å². The fourth-order valence-electron chi connectivity index (χ4n) is 4.78. The van der Waals surface area contributed by atoms with Crippen LogP contribution in [0.2, 0.25) is 0 Å². The molecule has 1 aliphatic heterocycles. The number of nitrogens with one attached hydrogen (secondary N) is 1. The molecule has 2 aromatic heterocycles. The molecule has 8 nitrogen and oxygen atoms in total. The van der Waals surface area contributed by atoms with Crippen LogP contribution in [0.3, 0.4) is 0 Å². The van der Waals surface area contributed by atoms with Gasteiger partial charge in [0.1, 0.15) is 11.8 Å². The maximum absolute atomic E-state index is 10.7. The number of benzene rings is 2. The minimum atomic E-state index is -0.607. The highest BCUT2D eigenvalue weighted by Gasteiger charge is 2.52. The fraction of sp³-hybridized carbons (Fsp3) is 0.250. The molecule has 4 aromatic rings. The SMILES string of the molecule is O[C@H]1C[C@@H](n2cnc3c(NCc4ccccc4)ncnc32)[C@@H]2C(c3ccccc3)=NO[C@@H]21. The van der Waals surface area contributed by atoms with Crippen molar-refractivity contribution in [3.05, 3.63) is 84.4 Å². The molecule has 0 unspecified atom stereocenters. The zero-order valence-electron chi connectivity index (χ0n) is 17.2. The van der Waals surface area contributed by atoms with Gasteiger partial charge in [0.25, 0.3) is 0 Å². The Bertz CT molecular complexity index is 1270. The summed E-state index contributed by atoms with van der Waals surface area (Å²) in [6.07, 6.45) is 2.90. The first kappa shape index (κ1) is 18.9. The monoisotopic (exact) mass is 426 g/mol. The number of fused-ring (bicyclic) bond motifs is 2. The molecule has 1 saturated carbocycles. The van der Waals surface area contributed by atoms with E-state index in [0.29, 0.717) is 24.3 Å². The Kier molecular flexibility index (Phi) is 4.57. The van der Waals surface area contributed by atoms with Gasteiger partial charge in [-0.3, -0.25) is 0 Å². The summed E-state index contributed by atoms with van der Waals surface area (Å²) in [5.41, 5.74) is 4.46. The molecule has 0 spiro atoms. The molecular formula is C24H22N6O2. The first-order valence-electron chi connectivity index (χ1n) is 10.7. The van der Waals surface area contributed by atoms with E-state index >= 15 is 0 Å². The molecule has 1 aliphatic carbocycles. The van der Waals surface area contributed by atoms with Gasteiger partial charge in [-0.05, 0) is 17.5 Å². The zero-order chi connectivity index (χ0) is 21.5. The van der Waals surface area contributed by atoms with E-state index in [1.807, 2.05) is 53.1 Å². The van der Waals surface area contributed by atoms with Crippen LogP contribution in [0.25, 0.3) is 11.2 Å². The van der Waals surface area contributed by atoms with Crippen LogP contribution in [0.15, 0.2) is 78.5 Å². The topological polar surface area (TPSA) is 97.5 Å². The van der Waals surface area contributed by atoms with Crippen LogP contribution < -0.4 is 5.32 Å². The van der Waals surface area contributed by atoms with Crippen molar-refractivity contribution < 1.29 is 9.94 Å². The highest BCUT2D eigenvalue weighted by molar-refractivity contribution is 6.03. The standard InChI is InChI=1S/C24H22N6O2/c31-18-11-17(19-20(29-32-22(18)19)16-9-5-2-6-10-16)30-14-28-21-23(26-13-27-24(21)30)25-12-15-7-3-1-4-8-15/h1-10,13-14,17-19,22,31H,11-12H2,(H,25,26,27)/t17-,18+,19-,22-/m1/s1. The normalized spacial score (nSPS) is 24.2. The van der Waals surface area contributed by atoms with Crippen LogP contribution in [0.5, 0.6) is 0 Å². The quantitative estimate of drug-likeness (QED) is 0.509. The first-order chi connectivity index (χ1) is 15.8. The van der Waals surface area contributed by atoms with E-state index in [4.69, 9.17) is 4.84 Å². The molecule has 2 aliphatic rings. The molecule has 0 saturated heterocycles. The molecule has 0 bridgehead atoms. The van der Waals surface area contributed by atoms with Crippen molar-refractivity contribution in [2.75, 3.05) is 5.32 Å². The van der Waals surface area contributed by atoms with Crippen molar-refractivity contribution in [2.45, 2.75) is 31.2 Å². The van der Waals surface area contributed by atoms with Crippen LogP contribution in [-0.4, -0.2) is 42.5 Å². The summed E-state index contributed by atoms with van der Waals surface area (Å²) in [5.74, 6) is 0.604. The second kappa shape index (κ2) is 7.72. The Labute approximate surface area is 184 Å². The van der Waals surface area contributed by atoms with Crippen molar-refractivity contribution in [1.29, 1.82) is 0 Å². The van der Waals surface area contributed by atoms with Gasteiger partial charge >= 0.3 is 0 Å². The lowest BCUT2D eigenvalue weighted by Gasteiger charge is -2.20. The van der Waals surface area contributed by atoms with Gasteiger partial charge in [0, 0.05) is 6.54 Å². The minimum Gasteiger partial charge on any atom is -0.389 e. The van der Waals surface area contributed by atoms with Gasteiger partial charge in [0.15, 0.2) is 17.6 Å². The third kappa shape index (κ3) is 3.11. The summed E-state index contributed by atoms with van der Waals surface area (Å²) < 4.78 is 2.03. The molecule has 4 atom stereocenters. The van der Waals surface area contributed by atoms with Gasteiger partial charge in [-0.15, -0.1) is 0 Å². The van der Waals surface area contributed by atoms with Gasteiger partial charge < -0.3 is 19.8 Å². The maximum atomic E-state index is 10.7. The third-order valence-electron chi connectivity index (χ3n) is 6.31. The molecular weight excluding hydrogens is 404 g/mol. The van der Waals surface area contributed by atoms with Crippen molar-refractivity contribution >= 4 is 22.7 Å². The predicted molar refractivity (Wildman–Crippen MR) is 120 cm³/mol. The highest BCUT2D eigenvalue weighted by atomic mass is 16.7. The maximum Gasteiger partial charge on any atom is 0.165 e. The van der Waals surface area contributed by atoms with E-state index < -0.39 is 6.10 Å². The van der Waals surface area contributed by atoms with Crippen LogP contribution in [0.4, 0.5) is 5.82 Å². The Balaban J connectivity index is 1.34. The van der Waals surface area contributed by atoms with Crippen LogP contribution in [0.1, 0.15) is 23.6 Å². The Morgan fingerprint density at radius 1 is 1.00 bits per heavy atom. The lowest BCUT2D eigenvalue weighted by atomic mass is 9.91. The smallest absolute Gasteiger partial charge is 0.165 e. The van der Waals surface area contributed by atoms with E-state index in [9.17, 15) is 5.11 Å². The number of nitrogens with zero attached hydrogens (tertiary/aromatic N) is 5. The summed E-state index contributed by atoms with van der Waals surface area (Å²) in [4.78, 5) is 19.2. The summed E-state index contributed by atoms with van der Waals surface area (Å²) in [6, 6.07) is 20.1. The predicted octanol–water partition coefficient (Wildman–Crippen LogP) is 3.16. The summed E-state index contributed by atoms with van der Waals surface area (Å²) in [7, 11) is 0. The van der Waals surface area contributed by atoms with Crippen molar-refractivity contribution in [3.8, 4) is 0 Å². The Morgan fingerprint density at radius 3 is 2.59 bits per heavy atom. The van der Waals surface area contributed by atoms with Gasteiger partial charge in [-0.1, -0.05) is 65.8 Å². The number of hydrogen-bond donors (Lipinski definition) is 2. The van der Waals surface area contributed by atoms with E-state index in [1.165, 1.54) is 0 Å². The number of rotatable bonds is 5. The molecule has 2 N–H and O–H groups in total. The van der Waals surface area contributed by atoms with Crippen LogP contribution in [0, 0.1) is 5.92 Å². The fourth-order valence-corrected chi connectivity index (χ4v) is 4.78. The Morgan fingerprint density at radius 2 is 1.78 bits per heavy atom. The number of anilines is 1. The number of hydrogen-bond acceptors (Lipinski definition) is 7. The van der Waals surface area contributed by atoms with E-state index in [2.05, 4.69) is 37.6 Å². The second-order valence-electron chi connectivity index (χ2n) is 8.19. The highest BCUT2D eigenvalue weighted by Crippen LogP contribution is 2.44. The summed E-state index contributed by atoms with van der Waals surface area (Å²) in [5, 5.41) is 18.4. The lowest BCUT2D eigenvalue weighted by Crippen LogP contribution is -2.29. The van der Waals surface area contributed by atoms with Crippen molar-refractivity contribution in [1.82, 2.24) is 19.5 Å². The number of imidazole rings is 1. The second-order valence-corrected chi connectivity index (χ2v) is 8.19. The van der Waals surface area contributed by atoms with Crippen LogP contribution >= 0.6 is 0 Å². The molecule has 1 fully saturated rings. The van der Waals surface area contributed by atoms with Crippen LogP contribution in [-0.2, 0) is 11.4 Å². The molecule has 8 heteroatoms. The number of aliphatic hydroxyl groups is 1. The average Bonchev–Trinajstić information content (AvgIpc) is 3.54. The molecule has 32 heavy (non-hydrogen) atoms. The van der Waals surface area contributed by atoms with Gasteiger partial charge in [-0.25, -0.2) is 15.0 Å². The number of aliphatic hydroxyl groups excluding tert-OH is 1. The Hall–Kier alpha value is -3.78. The lowest BCUT2D eigenvalue weighted by molar-refractivity contribution is -0.0104. The first-order valence-corrected chi connectivity index (χ1v) is 10.7. The molecule has 160 valence electrons. The minimum absolute atomic E-state index is 0.0710. The molecule has 6 rings (SSSR count). The van der Waals surface area contributed by atoms with Crippen molar-refractivity contribution in [3.63, 3.8) is 0 Å². The third-order valence-corrected chi connectivity index (χ3v) is 6.31. The largest absolute Gasteiger partial charge is 0.389 e. The molecule has 2 aromatic carbocycles.